The quantitative estimate of drug-likeness (QED) is 0.247. The first-order valence-electron chi connectivity index (χ1n) is 4.22. The molecular weight excluding hydrogens is 194 g/mol. The number of rotatable bonds is 4. The highest BCUT2D eigenvalue weighted by molar-refractivity contribution is 6.08. The molecule has 0 amide bonds. The number of benzene rings is 1. The second-order valence-electron chi connectivity index (χ2n) is 2.74. The molecule has 0 heterocycles. The average Bonchev–Trinajstić information content (AvgIpc) is 2.26. The molecule has 0 aromatic heterocycles. The van der Waals surface area contributed by atoms with Gasteiger partial charge in [0.05, 0.1) is 10.5 Å². The summed E-state index contributed by atoms with van der Waals surface area (Å²) in [6.07, 6.45) is 1.53. The Morgan fingerprint density at radius 2 is 1.93 bits per heavy atom. The van der Waals surface area contributed by atoms with Crippen molar-refractivity contribution in [3.63, 3.8) is 0 Å². The summed E-state index contributed by atoms with van der Waals surface area (Å²) >= 11 is 0. The third-order valence-corrected chi connectivity index (χ3v) is 1.87. The van der Waals surface area contributed by atoms with Crippen LogP contribution in [-0.4, -0.2) is 11.2 Å². The van der Waals surface area contributed by atoms with Crippen LogP contribution < -0.4 is 0 Å². The lowest BCUT2D eigenvalue weighted by atomic mass is 10.1. The Morgan fingerprint density at radius 1 is 1.33 bits per heavy atom. The normalized spacial score (nSPS) is 11.5. The van der Waals surface area contributed by atoms with Crippen LogP contribution in [0.3, 0.4) is 0 Å². The van der Waals surface area contributed by atoms with Crippen LogP contribution in [0.1, 0.15) is 5.56 Å². The molecule has 0 aliphatic rings. The minimum absolute atomic E-state index is 0.0376. The van der Waals surface area contributed by atoms with E-state index in [1.807, 2.05) is 0 Å². The van der Waals surface area contributed by atoms with Crippen molar-refractivity contribution < 1.29 is 9.72 Å². The summed E-state index contributed by atoms with van der Waals surface area (Å²) in [5, 5.41) is 10.6. The summed E-state index contributed by atoms with van der Waals surface area (Å²) in [6.45, 7) is 3.32. The number of carbonyl (C=O) groups excluding carboxylic acids is 1. The number of hydrogen-bond donors (Lipinski definition) is 0. The second kappa shape index (κ2) is 4.85. The Bertz CT molecular complexity index is 421. The molecule has 4 heteroatoms. The summed E-state index contributed by atoms with van der Waals surface area (Å²) in [6, 6.07) is 8.46. The van der Waals surface area contributed by atoms with E-state index in [1.54, 1.807) is 30.3 Å². The first-order chi connectivity index (χ1) is 7.20. The van der Waals surface area contributed by atoms with Gasteiger partial charge in [0.2, 0.25) is 0 Å². The van der Waals surface area contributed by atoms with Crippen molar-refractivity contribution in [3.05, 3.63) is 64.4 Å². The summed E-state index contributed by atoms with van der Waals surface area (Å²) < 4.78 is 0. The zero-order valence-electron chi connectivity index (χ0n) is 7.92. The molecule has 76 valence electrons. The zero-order valence-corrected chi connectivity index (χ0v) is 7.92. The Hall–Kier alpha value is -2.23. The minimum atomic E-state index is -0.621. The van der Waals surface area contributed by atoms with Crippen LogP contribution in [0.4, 0.5) is 0 Å². The maximum atomic E-state index is 10.8. The maximum absolute atomic E-state index is 10.8. The Balaban J connectivity index is 3.35. The van der Waals surface area contributed by atoms with E-state index >= 15 is 0 Å². The third-order valence-electron chi connectivity index (χ3n) is 1.87. The maximum Gasteiger partial charge on any atom is 0.279 e. The van der Waals surface area contributed by atoms with E-state index < -0.39 is 4.92 Å². The molecule has 4 nitrogen and oxygen atoms in total. The molecule has 0 spiro atoms. The van der Waals surface area contributed by atoms with Gasteiger partial charge in [-0.1, -0.05) is 36.9 Å². The molecule has 0 atom stereocenters. The molecule has 0 saturated heterocycles. The Morgan fingerprint density at radius 3 is 2.33 bits per heavy atom. The van der Waals surface area contributed by atoms with Crippen LogP contribution in [0.2, 0.25) is 0 Å². The molecule has 0 aliphatic carbocycles. The number of carbonyl (C=O) groups is 1. The second-order valence-corrected chi connectivity index (χ2v) is 2.74. The highest BCUT2D eigenvalue weighted by Crippen LogP contribution is 2.17. The summed E-state index contributed by atoms with van der Waals surface area (Å²) in [5.74, 6) is 0. The third kappa shape index (κ3) is 2.37. The molecule has 0 aliphatic heterocycles. The molecule has 0 fully saturated rings. The Kier molecular flexibility index (Phi) is 3.51. The predicted molar refractivity (Wildman–Crippen MR) is 56.6 cm³/mol. The monoisotopic (exact) mass is 203 g/mol. The average molecular weight is 203 g/mol. The van der Waals surface area contributed by atoms with Crippen molar-refractivity contribution in [2.24, 2.45) is 0 Å². The topological polar surface area (TPSA) is 60.2 Å². The van der Waals surface area contributed by atoms with Gasteiger partial charge in [-0.3, -0.25) is 14.9 Å². The number of allylic oxidation sites excluding steroid dienone is 2. The number of aldehydes is 1. The largest absolute Gasteiger partial charge is 0.298 e. The summed E-state index contributed by atoms with van der Waals surface area (Å²) in [5.41, 5.74) is 0.269. The van der Waals surface area contributed by atoms with E-state index in [9.17, 15) is 14.9 Å². The number of nitro groups is 1. The first kappa shape index (κ1) is 10.8. The van der Waals surface area contributed by atoms with Crippen LogP contribution in [0.25, 0.3) is 5.57 Å². The smallest absolute Gasteiger partial charge is 0.279 e. The molecule has 0 N–H and O–H groups in total. The van der Waals surface area contributed by atoms with Gasteiger partial charge >= 0.3 is 0 Å². The molecule has 15 heavy (non-hydrogen) atoms. The van der Waals surface area contributed by atoms with E-state index in [1.165, 1.54) is 0 Å². The molecular formula is C11H9NO3. The summed E-state index contributed by atoms with van der Waals surface area (Å²) in [4.78, 5) is 20.8. The van der Waals surface area contributed by atoms with Gasteiger partial charge in [0.1, 0.15) is 0 Å². The fourth-order valence-corrected chi connectivity index (χ4v) is 1.18. The van der Waals surface area contributed by atoms with Gasteiger partial charge in [-0.2, -0.15) is 0 Å². The highest BCUT2D eigenvalue weighted by Gasteiger charge is 2.15. The van der Waals surface area contributed by atoms with E-state index in [4.69, 9.17) is 0 Å². The molecule has 0 bridgehead atoms. The van der Waals surface area contributed by atoms with Gasteiger partial charge in [0.25, 0.3) is 5.70 Å². The first-order valence-corrected chi connectivity index (χ1v) is 4.22. The predicted octanol–water partition coefficient (Wildman–Crippen LogP) is 2.06. The lowest BCUT2D eigenvalue weighted by molar-refractivity contribution is -0.417. The molecule has 1 aromatic rings. The van der Waals surface area contributed by atoms with Gasteiger partial charge in [0, 0.05) is 6.08 Å². The Labute approximate surface area is 86.7 Å². The summed E-state index contributed by atoms with van der Waals surface area (Å²) in [7, 11) is 0. The van der Waals surface area contributed by atoms with E-state index in [0.29, 0.717) is 11.8 Å². The van der Waals surface area contributed by atoms with Gasteiger partial charge in [0.15, 0.2) is 6.29 Å². The zero-order chi connectivity index (χ0) is 11.3. The van der Waals surface area contributed by atoms with Crippen LogP contribution in [-0.2, 0) is 4.79 Å². The van der Waals surface area contributed by atoms with Gasteiger partial charge < -0.3 is 0 Å². The lowest BCUT2D eigenvalue weighted by Gasteiger charge is -1.99. The van der Waals surface area contributed by atoms with Crippen LogP contribution in [0.15, 0.2) is 48.7 Å². The van der Waals surface area contributed by atoms with Gasteiger partial charge in [-0.15, -0.1) is 0 Å². The van der Waals surface area contributed by atoms with Crippen molar-refractivity contribution in [2.75, 3.05) is 0 Å². The standard InChI is InChI=1S/C11H9NO3/c1-2-11(12(14)15)10(8-13)9-6-4-3-5-7-9/h2-8H,1H2. The van der Waals surface area contributed by atoms with E-state index in [2.05, 4.69) is 6.58 Å². The van der Waals surface area contributed by atoms with Crippen molar-refractivity contribution in [2.45, 2.75) is 0 Å². The van der Waals surface area contributed by atoms with Gasteiger partial charge in [-0.25, -0.2) is 0 Å². The van der Waals surface area contributed by atoms with Crippen LogP contribution in [0, 0.1) is 10.1 Å². The van der Waals surface area contributed by atoms with E-state index in [0.717, 1.165) is 6.08 Å². The molecule has 0 saturated carbocycles. The highest BCUT2D eigenvalue weighted by atomic mass is 16.6. The number of nitrogens with zero attached hydrogens (tertiary/aromatic N) is 1. The van der Waals surface area contributed by atoms with Crippen LogP contribution >= 0.6 is 0 Å². The minimum Gasteiger partial charge on any atom is -0.298 e. The van der Waals surface area contributed by atoms with Crippen molar-refractivity contribution in [1.29, 1.82) is 0 Å². The fraction of sp³-hybridized carbons (Fsp3) is 0. The number of hydrogen-bond acceptors (Lipinski definition) is 3. The van der Waals surface area contributed by atoms with Crippen molar-refractivity contribution >= 4 is 11.9 Å². The van der Waals surface area contributed by atoms with Crippen molar-refractivity contribution in [1.82, 2.24) is 0 Å². The molecule has 0 unspecified atom stereocenters. The van der Waals surface area contributed by atoms with Crippen LogP contribution in [0.5, 0.6) is 0 Å². The fourth-order valence-electron chi connectivity index (χ4n) is 1.18. The van der Waals surface area contributed by atoms with Crippen molar-refractivity contribution in [3.8, 4) is 0 Å². The van der Waals surface area contributed by atoms with E-state index in [-0.39, 0.29) is 11.3 Å². The van der Waals surface area contributed by atoms with Gasteiger partial charge in [-0.05, 0) is 5.56 Å². The lowest BCUT2D eigenvalue weighted by Crippen LogP contribution is -2.01. The molecule has 1 rings (SSSR count). The molecule has 1 aromatic carbocycles. The molecule has 0 radical (unpaired) electrons. The SMILES string of the molecule is C=CC(=C(C=O)c1ccccc1)[N+](=O)[O-].